The zero-order chi connectivity index (χ0) is 16.0. The maximum Gasteiger partial charge on any atom is 0.219 e. The van der Waals surface area contributed by atoms with Crippen molar-refractivity contribution in [2.24, 2.45) is 0 Å². The first kappa shape index (κ1) is 14.2. The molecule has 0 saturated carbocycles. The van der Waals surface area contributed by atoms with E-state index in [2.05, 4.69) is 20.2 Å². The molecule has 2 aromatic heterocycles. The minimum atomic E-state index is 0.185. The third-order valence-electron chi connectivity index (χ3n) is 3.68. The lowest BCUT2D eigenvalue weighted by molar-refractivity contribution is 0.300. The molecule has 0 radical (unpaired) electrons. The number of nitrogens with zero attached hydrogens (tertiary/aromatic N) is 6. The second kappa shape index (κ2) is 5.34. The van der Waals surface area contributed by atoms with Crippen LogP contribution in [-0.4, -0.2) is 36.1 Å². The van der Waals surface area contributed by atoms with Gasteiger partial charge in [0.2, 0.25) is 5.82 Å². The van der Waals surface area contributed by atoms with Gasteiger partial charge in [-0.25, -0.2) is 19.3 Å². The topological polar surface area (TPSA) is 70.7 Å². The van der Waals surface area contributed by atoms with Crippen molar-refractivity contribution in [1.29, 1.82) is 0 Å². The highest BCUT2D eigenvalue weighted by molar-refractivity contribution is 6.30. The second-order valence-corrected chi connectivity index (χ2v) is 6.03. The fourth-order valence-corrected chi connectivity index (χ4v) is 2.78. The lowest BCUT2D eigenvalue weighted by atomic mass is 10.2. The van der Waals surface area contributed by atoms with E-state index in [1.807, 2.05) is 35.3 Å². The van der Waals surface area contributed by atoms with Gasteiger partial charge in [0, 0.05) is 11.1 Å². The Bertz CT molecular complexity index is 869. The minimum Gasteiger partial charge on any atom is -0.491 e. The summed E-state index contributed by atoms with van der Waals surface area (Å²) >= 11 is 6.05. The molecular weight excluding hydrogens is 316 g/mol. The smallest absolute Gasteiger partial charge is 0.219 e. The molecule has 118 valence electrons. The van der Waals surface area contributed by atoms with E-state index in [-0.39, 0.29) is 6.04 Å². The summed E-state index contributed by atoms with van der Waals surface area (Å²) in [6, 6.07) is 5.72. The molecule has 1 aromatic carbocycles. The van der Waals surface area contributed by atoms with Gasteiger partial charge in [0.05, 0.1) is 12.1 Å². The molecule has 4 rings (SSSR count). The Balaban J connectivity index is 1.86. The van der Waals surface area contributed by atoms with Crippen molar-refractivity contribution in [3.63, 3.8) is 0 Å². The van der Waals surface area contributed by atoms with Gasteiger partial charge in [-0.3, -0.25) is 0 Å². The Morgan fingerprint density at radius 2 is 2.13 bits per heavy atom. The highest BCUT2D eigenvalue weighted by atomic mass is 35.5. The lowest BCUT2D eigenvalue weighted by Gasteiger charge is -2.07. The quantitative estimate of drug-likeness (QED) is 0.722. The standard InChI is InChI=1S/C15H15ClN6O/c1-9(2)22-15(17-8-18-22)13-19-14-11-4-3-10(16)7-12(11)23-6-5-21(14)20-13/h3-4,7-9H,5-6H2,1-2H3. The van der Waals surface area contributed by atoms with Gasteiger partial charge >= 0.3 is 0 Å². The first-order valence-electron chi connectivity index (χ1n) is 7.41. The van der Waals surface area contributed by atoms with Crippen LogP contribution in [0.2, 0.25) is 5.02 Å². The van der Waals surface area contributed by atoms with Crippen LogP contribution >= 0.6 is 11.6 Å². The maximum atomic E-state index is 6.05. The number of aromatic nitrogens is 6. The van der Waals surface area contributed by atoms with Crippen molar-refractivity contribution >= 4 is 11.6 Å². The number of rotatable bonds is 2. The number of benzene rings is 1. The third-order valence-corrected chi connectivity index (χ3v) is 3.91. The van der Waals surface area contributed by atoms with Crippen molar-refractivity contribution in [2.75, 3.05) is 6.61 Å². The fourth-order valence-electron chi connectivity index (χ4n) is 2.62. The van der Waals surface area contributed by atoms with Crippen molar-refractivity contribution in [3.8, 4) is 28.8 Å². The highest BCUT2D eigenvalue weighted by Gasteiger charge is 2.23. The Labute approximate surface area is 137 Å². The van der Waals surface area contributed by atoms with E-state index in [1.165, 1.54) is 6.33 Å². The first-order chi connectivity index (χ1) is 11.1. The van der Waals surface area contributed by atoms with Gasteiger partial charge in [0.1, 0.15) is 18.7 Å². The second-order valence-electron chi connectivity index (χ2n) is 5.59. The molecule has 0 fully saturated rings. The normalized spacial score (nSPS) is 13.4. The van der Waals surface area contributed by atoms with E-state index < -0.39 is 0 Å². The fraction of sp³-hybridized carbons (Fsp3) is 0.333. The molecule has 1 aliphatic heterocycles. The van der Waals surface area contributed by atoms with Crippen molar-refractivity contribution in [2.45, 2.75) is 26.4 Å². The van der Waals surface area contributed by atoms with E-state index in [9.17, 15) is 0 Å². The van der Waals surface area contributed by atoms with E-state index in [0.717, 1.165) is 17.1 Å². The van der Waals surface area contributed by atoms with Crippen molar-refractivity contribution < 1.29 is 4.74 Å². The van der Waals surface area contributed by atoms with Gasteiger partial charge in [-0.1, -0.05) is 11.6 Å². The molecule has 0 bridgehead atoms. The summed E-state index contributed by atoms with van der Waals surface area (Å²) in [6.07, 6.45) is 1.53. The third kappa shape index (κ3) is 2.37. The molecule has 8 heteroatoms. The van der Waals surface area contributed by atoms with Crippen molar-refractivity contribution in [1.82, 2.24) is 29.5 Å². The van der Waals surface area contributed by atoms with Gasteiger partial charge < -0.3 is 4.74 Å². The Morgan fingerprint density at radius 1 is 1.26 bits per heavy atom. The Kier molecular flexibility index (Phi) is 3.30. The predicted octanol–water partition coefficient (Wildman–Crippen LogP) is 2.83. The summed E-state index contributed by atoms with van der Waals surface area (Å²) in [5.41, 5.74) is 0.876. The molecule has 7 nitrogen and oxygen atoms in total. The van der Waals surface area contributed by atoms with Crippen LogP contribution in [0.25, 0.3) is 23.0 Å². The molecule has 3 heterocycles. The van der Waals surface area contributed by atoms with Crippen LogP contribution in [0, 0.1) is 0 Å². The molecule has 0 saturated heterocycles. The van der Waals surface area contributed by atoms with Crippen LogP contribution in [0.4, 0.5) is 0 Å². The van der Waals surface area contributed by atoms with Crippen LogP contribution in [0.3, 0.4) is 0 Å². The van der Waals surface area contributed by atoms with Crippen LogP contribution in [0.5, 0.6) is 5.75 Å². The van der Waals surface area contributed by atoms with E-state index >= 15 is 0 Å². The minimum absolute atomic E-state index is 0.185. The van der Waals surface area contributed by atoms with E-state index in [1.54, 1.807) is 6.07 Å². The first-order valence-corrected chi connectivity index (χ1v) is 7.78. The summed E-state index contributed by atoms with van der Waals surface area (Å²) in [5, 5.41) is 9.47. The predicted molar refractivity (Wildman–Crippen MR) is 85.4 cm³/mol. The number of ether oxygens (including phenoxy) is 1. The molecular formula is C15H15ClN6O. The summed E-state index contributed by atoms with van der Waals surface area (Å²) < 4.78 is 9.40. The molecule has 1 aliphatic rings. The van der Waals surface area contributed by atoms with Crippen LogP contribution < -0.4 is 4.74 Å². The molecule has 0 amide bonds. The summed E-state index contributed by atoms with van der Waals surface area (Å²) in [4.78, 5) is 8.98. The average Bonchev–Trinajstić information content (AvgIpc) is 3.11. The molecule has 23 heavy (non-hydrogen) atoms. The Hall–Kier alpha value is -2.41. The molecule has 0 unspecified atom stereocenters. The number of hydrogen-bond acceptors (Lipinski definition) is 5. The highest BCUT2D eigenvalue weighted by Crippen LogP contribution is 2.34. The maximum absolute atomic E-state index is 6.05. The number of fused-ring (bicyclic) bond motifs is 3. The van der Waals surface area contributed by atoms with Gasteiger partial charge in [0.25, 0.3) is 0 Å². The SMILES string of the molecule is CC(C)n1ncnc1-c1nc2n(n1)CCOc1cc(Cl)ccc1-2. The summed E-state index contributed by atoms with van der Waals surface area (Å²) in [7, 11) is 0. The Morgan fingerprint density at radius 3 is 2.96 bits per heavy atom. The zero-order valence-electron chi connectivity index (χ0n) is 12.8. The lowest BCUT2D eigenvalue weighted by Crippen LogP contribution is -2.08. The van der Waals surface area contributed by atoms with Gasteiger partial charge in [-0.05, 0) is 32.0 Å². The zero-order valence-corrected chi connectivity index (χ0v) is 13.5. The van der Waals surface area contributed by atoms with Crippen LogP contribution in [-0.2, 0) is 6.54 Å². The summed E-state index contributed by atoms with van der Waals surface area (Å²) in [5.74, 6) is 2.70. The molecule has 0 spiro atoms. The van der Waals surface area contributed by atoms with Crippen LogP contribution in [0.15, 0.2) is 24.5 Å². The van der Waals surface area contributed by atoms with Gasteiger partial charge in [-0.2, -0.15) is 5.10 Å². The van der Waals surface area contributed by atoms with E-state index in [0.29, 0.717) is 29.8 Å². The largest absolute Gasteiger partial charge is 0.491 e. The van der Waals surface area contributed by atoms with E-state index in [4.69, 9.17) is 16.3 Å². The molecule has 0 aliphatic carbocycles. The van der Waals surface area contributed by atoms with Crippen LogP contribution in [0.1, 0.15) is 19.9 Å². The van der Waals surface area contributed by atoms with Gasteiger partial charge in [-0.15, -0.1) is 5.10 Å². The summed E-state index contributed by atoms with van der Waals surface area (Å²) in [6.45, 7) is 5.22. The number of hydrogen-bond donors (Lipinski definition) is 0. The molecule has 0 atom stereocenters. The molecule has 0 N–H and O–H groups in total. The molecule has 3 aromatic rings. The number of halogens is 1. The van der Waals surface area contributed by atoms with Crippen molar-refractivity contribution in [3.05, 3.63) is 29.5 Å². The van der Waals surface area contributed by atoms with Gasteiger partial charge in [0.15, 0.2) is 11.6 Å². The average molecular weight is 331 g/mol. The monoisotopic (exact) mass is 330 g/mol.